The van der Waals surface area contributed by atoms with E-state index in [0.29, 0.717) is 22.5 Å². The molecule has 6 aromatic rings. The van der Waals surface area contributed by atoms with Gasteiger partial charge >= 0.3 is 7.12 Å². The van der Waals surface area contributed by atoms with Crippen molar-refractivity contribution in [3.8, 4) is 11.3 Å². The number of hydrogen-bond acceptors (Lipinski definition) is 6. The van der Waals surface area contributed by atoms with Crippen molar-refractivity contribution in [2.45, 2.75) is 0 Å². The minimum Gasteiger partial charge on any atom is -0.423 e. The lowest BCUT2D eigenvalue weighted by Gasteiger charge is -2.05. The molecule has 0 spiro atoms. The zero-order valence-corrected chi connectivity index (χ0v) is 21.7. The maximum absolute atomic E-state index is 8.67. The molecule has 0 fully saturated rings. The first kappa shape index (κ1) is 22.4. The van der Waals surface area contributed by atoms with Gasteiger partial charge in [-0.15, -0.1) is 0 Å². The highest BCUT2D eigenvalue weighted by molar-refractivity contribution is 6.58. The van der Waals surface area contributed by atoms with Gasteiger partial charge in [0.1, 0.15) is 5.15 Å². The van der Waals surface area contributed by atoms with Crippen LogP contribution in [0.2, 0.25) is 15.7 Å². The van der Waals surface area contributed by atoms with Crippen LogP contribution in [-0.2, 0) is 0 Å². The van der Waals surface area contributed by atoms with E-state index < -0.39 is 7.12 Å². The predicted molar refractivity (Wildman–Crippen MR) is 156 cm³/mol. The smallest absolute Gasteiger partial charge is 0.423 e. The van der Waals surface area contributed by atoms with Gasteiger partial charge in [0.05, 0.1) is 22.2 Å². The molecular weight excluding hydrogens is 542 g/mol. The molecule has 0 bridgehead atoms. The van der Waals surface area contributed by atoms with Gasteiger partial charge < -0.3 is 10.0 Å². The molecule has 0 atom stereocenters. The monoisotopic (exact) mass is 564 g/mol. The Morgan fingerprint density at radius 3 is 1.84 bits per heavy atom. The van der Waals surface area contributed by atoms with Gasteiger partial charge in [0.15, 0.2) is 0 Å². The van der Waals surface area contributed by atoms with E-state index in [1.54, 1.807) is 12.1 Å². The number of nitrogens with zero attached hydrogens (tertiary/aromatic N) is 4. The van der Waals surface area contributed by atoms with Gasteiger partial charge in [0.2, 0.25) is 10.6 Å². The van der Waals surface area contributed by atoms with Crippen LogP contribution < -0.4 is 5.46 Å². The van der Waals surface area contributed by atoms with E-state index in [4.69, 9.17) is 50.3 Å². The molecule has 2 N–H and O–H groups in total. The van der Waals surface area contributed by atoms with Crippen molar-refractivity contribution >= 4 is 69.2 Å². The molecule has 0 aliphatic rings. The minimum absolute atomic E-state index is 0.0208. The van der Waals surface area contributed by atoms with Gasteiger partial charge in [-0.05, 0) is 46.9 Å². The average molecular weight is 566 g/mol. The zero-order chi connectivity index (χ0) is 30.4. The fourth-order valence-electron chi connectivity index (χ4n) is 3.28. The Morgan fingerprint density at radius 2 is 1.18 bits per heavy atom. The molecule has 10 heteroatoms. The molecule has 4 aromatic carbocycles. The molecule has 6 rings (SSSR count). The molecule has 188 valence electrons. The molecular formula is C28H20BCl3N4O2. The summed E-state index contributed by atoms with van der Waals surface area (Å²) in [5.74, 6) is 0. The van der Waals surface area contributed by atoms with E-state index in [1.807, 2.05) is 48.5 Å². The van der Waals surface area contributed by atoms with Crippen LogP contribution in [0.3, 0.4) is 0 Å². The first-order chi connectivity index (χ1) is 20.0. The number of halogens is 3. The number of hydrogen-bond donors (Lipinski definition) is 2. The molecule has 0 amide bonds. The third kappa shape index (κ3) is 7.25. The average Bonchev–Trinajstić information content (AvgIpc) is 2.93. The zero-order valence-electron chi connectivity index (χ0n) is 23.5. The maximum Gasteiger partial charge on any atom is 0.488 e. The van der Waals surface area contributed by atoms with Crippen LogP contribution in [0.15, 0.2) is 109 Å². The van der Waals surface area contributed by atoms with Crippen LogP contribution in [0.1, 0.15) is 5.48 Å². The van der Waals surface area contributed by atoms with Crippen molar-refractivity contribution in [1.29, 1.82) is 0 Å². The summed E-state index contributed by atoms with van der Waals surface area (Å²) in [5.41, 5.74) is 2.91. The first-order valence-corrected chi connectivity index (χ1v) is 12.2. The largest absolute Gasteiger partial charge is 0.488 e. The first-order valence-electron chi connectivity index (χ1n) is 13.0. The van der Waals surface area contributed by atoms with Crippen LogP contribution in [0, 0.1) is 0 Å². The summed E-state index contributed by atoms with van der Waals surface area (Å²) in [6, 6.07) is 24.6. The van der Waals surface area contributed by atoms with Crippen LogP contribution in [0.5, 0.6) is 0 Å². The van der Waals surface area contributed by atoms with Crippen molar-refractivity contribution < 1.29 is 15.5 Å². The van der Waals surface area contributed by atoms with Gasteiger partial charge in [-0.25, -0.2) is 19.9 Å². The number of para-hydroxylation sites is 2. The Labute approximate surface area is 240 Å². The quantitative estimate of drug-likeness (QED) is 0.146. The number of benzene rings is 4. The Kier molecular flexibility index (Phi) is 7.83. The van der Waals surface area contributed by atoms with Crippen molar-refractivity contribution in [2.24, 2.45) is 0 Å². The standard InChI is InChI=1S/C14H9ClN2.C8H4Cl2N2.C6H7BO2/c15-14-16-12-9-5-4-8-11(12)13(17-14)10-6-2-1-3-7-10;9-7-5-3-1-2-4-6(5)11-8(10)12-7;8-7(9)6-4-2-1-3-5-6/h1-9H;1-4H;1-5,8-9H/i1D,6D;;1D,4D. The van der Waals surface area contributed by atoms with E-state index in [0.717, 1.165) is 21.8 Å². The summed E-state index contributed by atoms with van der Waals surface area (Å²) < 4.78 is 29.8. The van der Waals surface area contributed by atoms with Crippen LogP contribution >= 0.6 is 34.8 Å². The molecule has 0 aliphatic heterocycles. The van der Waals surface area contributed by atoms with Crippen molar-refractivity contribution in [3.63, 3.8) is 0 Å². The van der Waals surface area contributed by atoms with E-state index in [1.165, 1.54) is 24.3 Å². The number of aromatic nitrogens is 4. The van der Waals surface area contributed by atoms with E-state index in [-0.39, 0.29) is 34.2 Å². The van der Waals surface area contributed by atoms with Gasteiger partial charge in [-0.1, -0.05) is 103 Å². The molecule has 2 heterocycles. The van der Waals surface area contributed by atoms with Crippen molar-refractivity contribution in [2.75, 3.05) is 0 Å². The second kappa shape index (κ2) is 13.3. The summed E-state index contributed by atoms with van der Waals surface area (Å²) in [6.07, 6.45) is 0. The van der Waals surface area contributed by atoms with Gasteiger partial charge in [-0.2, -0.15) is 0 Å². The number of rotatable bonds is 2. The highest BCUT2D eigenvalue weighted by Gasteiger charge is 2.08. The summed E-state index contributed by atoms with van der Waals surface area (Å²) in [5, 5.41) is 19.7. The maximum atomic E-state index is 8.67. The molecule has 0 aliphatic carbocycles. The fraction of sp³-hybridized carbons (Fsp3) is 0. The summed E-state index contributed by atoms with van der Waals surface area (Å²) in [6.45, 7) is 0. The molecule has 6 nitrogen and oxygen atoms in total. The van der Waals surface area contributed by atoms with Crippen LogP contribution in [0.4, 0.5) is 0 Å². The molecule has 0 saturated carbocycles. The third-order valence-electron chi connectivity index (χ3n) is 4.98. The van der Waals surface area contributed by atoms with Gasteiger partial charge in [-0.3, -0.25) is 0 Å². The van der Waals surface area contributed by atoms with Crippen molar-refractivity contribution in [3.05, 3.63) is 125 Å². The highest BCUT2D eigenvalue weighted by atomic mass is 35.5. The van der Waals surface area contributed by atoms with Crippen LogP contribution in [0.25, 0.3) is 33.1 Å². The van der Waals surface area contributed by atoms with Gasteiger partial charge in [0.25, 0.3) is 0 Å². The molecule has 2 aromatic heterocycles. The number of fused-ring (bicyclic) bond motifs is 2. The third-order valence-corrected chi connectivity index (χ3v) is 5.60. The van der Waals surface area contributed by atoms with Crippen molar-refractivity contribution in [1.82, 2.24) is 19.9 Å². The molecule has 38 heavy (non-hydrogen) atoms. The second-order valence-electron chi connectivity index (χ2n) is 7.48. The lowest BCUT2D eigenvalue weighted by atomic mass is 9.81. The van der Waals surface area contributed by atoms with E-state index in [9.17, 15) is 0 Å². The Balaban J connectivity index is 0.000000153. The highest BCUT2D eigenvalue weighted by Crippen LogP contribution is 2.26. The minimum atomic E-state index is -1.62. The van der Waals surface area contributed by atoms with Gasteiger partial charge in [0, 0.05) is 16.3 Å². The SMILES string of the molecule is Clc1nc(Cl)c2ccccc2n1.[2H]c1ccc(-c2nc(Cl)nc3ccccc23)c([2H])c1.[2H]c1ccc(B(O)O)c([2H])c1. The Morgan fingerprint density at radius 1 is 0.605 bits per heavy atom. The van der Waals surface area contributed by atoms with E-state index >= 15 is 0 Å². The molecule has 0 radical (unpaired) electrons. The normalized spacial score (nSPS) is 11.7. The summed E-state index contributed by atoms with van der Waals surface area (Å²) in [7, 11) is -1.62. The summed E-state index contributed by atoms with van der Waals surface area (Å²) in [4.78, 5) is 16.2. The fourth-order valence-corrected chi connectivity index (χ4v) is 3.91. The topological polar surface area (TPSA) is 92.0 Å². The Hall–Kier alpha value is -3.59. The van der Waals surface area contributed by atoms with E-state index in [2.05, 4.69) is 19.9 Å². The predicted octanol–water partition coefficient (Wildman–Crippen LogP) is 6.25. The lowest BCUT2D eigenvalue weighted by Crippen LogP contribution is -2.29. The molecule has 0 saturated heterocycles. The molecule has 0 unspecified atom stereocenters. The lowest BCUT2D eigenvalue weighted by molar-refractivity contribution is 0.426. The Bertz CT molecular complexity index is 1890. The second-order valence-corrected chi connectivity index (χ2v) is 8.51. The summed E-state index contributed by atoms with van der Waals surface area (Å²) >= 11 is 17.4. The van der Waals surface area contributed by atoms with Crippen LogP contribution in [-0.4, -0.2) is 37.1 Å².